The Morgan fingerprint density at radius 1 is 0.800 bits per heavy atom. The van der Waals surface area contributed by atoms with E-state index in [0.717, 1.165) is 11.1 Å². The van der Waals surface area contributed by atoms with Gasteiger partial charge in [-0.1, -0.05) is 24.3 Å². The van der Waals surface area contributed by atoms with E-state index in [4.69, 9.17) is 0 Å². The van der Waals surface area contributed by atoms with Gasteiger partial charge in [-0.25, -0.2) is 13.9 Å². The highest BCUT2D eigenvalue weighted by molar-refractivity contribution is 5.89. The molecule has 1 N–H and O–H groups in total. The van der Waals surface area contributed by atoms with E-state index in [0.29, 0.717) is 18.7 Å². The number of aromatic nitrogens is 2. The van der Waals surface area contributed by atoms with Gasteiger partial charge in [0.25, 0.3) is 0 Å². The molecule has 0 unspecified atom stereocenters. The van der Waals surface area contributed by atoms with Gasteiger partial charge in [-0.3, -0.25) is 0 Å². The van der Waals surface area contributed by atoms with Gasteiger partial charge in [0.1, 0.15) is 0 Å². The summed E-state index contributed by atoms with van der Waals surface area (Å²) in [5.74, 6) is -0.892. The molecule has 3 aromatic rings. The summed E-state index contributed by atoms with van der Waals surface area (Å²) in [7, 11) is 0. The summed E-state index contributed by atoms with van der Waals surface area (Å²) >= 11 is 0. The molecule has 2 heterocycles. The molecule has 0 aliphatic carbocycles. The minimum Gasteiger partial charge on any atom is -1.00 e. The first-order valence-corrected chi connectivity index (χ1v) is 7.45. The van der Waals surface area contributed by atoms with Crippen molar-refractivity contribution in [1.82, 2.24) is 0 Å². The Balaban J connectivity index is 0.00000156. The predicted molar refractivity (Wildman–Crippen MR) is 84.9 cm³/mol. The minimum atomic E-state index is -0.892. The first-order valence-electron chi connectivity index (χ1n) is 7.45. The highest BCUT2D eigenvalue weighted by Gasteiger charge is 2.15. The molecule has 0 bridgehead atoms. The Kier molecular flexibility index (Phi) is 8.45. The zero-order chi connectivity index (χ0) is 16.1. The quantitative estimate of drug-likeness (QED) is 0.391. The topological polar surface area (TPSA) is 45.1 Å². The molecular formula is C19H18Br2N2O2. The Labute approximate surface area is 167 Å². The molecule has 0 spiro atoms. The molecule has 2 aromatic heterocycles. The molecule has 6 heteroatoms. The smallest absolute Gasteiger partial charge is 0.336 e. The number of carbonyl (C=O) groups is 1. The van der Waals surface area contributed by atoms with Crippen molar-refractivity contribution in [3.05, 3.63) is 96.1 Å². The fourth-order valence-electron chi connectivity index (χ4n) is 2.55. The fourth-order valence-corrected chi connectivity index (χ4v) is 2.55. The Morgan fingerprint density at radius 2 is 1.32 bits per heavy atom. The van der Waals surface area contributed by atoms with E-state index in [1.54, 1.807) is 6.07 Å². The molecule has 25 heavy (non-hydrogen) atoms. The second kappa shape index (κ2) is 10.1. The molecule has 0 aliphatic heterocycles. The summed E-state index contributed by atoms with van der Waals surface area (Å²) in [4.78, 5) is 11.6. The number of nitrogens with zero attached hydrogens (tertiary/aromatic N) is 2. The molecule has 0 amide bonds. The molecular weight excluding hydrogens is 448 g/mol. The number of benzene rings is 1. The zero-order valence-corrected chi connectivity index (χ0v) is 16.6. The summed E-state index contributed by atoms with van der Waals surface area (Å²) in [5, 5.41) is 9.52. The molecule has 130 valence electrons. The maximum Gasteiger partial charge on any atom is 0.336 e. The van der Waals surface area contributed by atoms with Gasteiger partial charge in [0.2, 0.25) is 0 Å². The van der Waals surface area contributed by atoms with Crippen molar-refractivity contribution in [2.75, 3.05) is 0 Å². The standard InChI is InChI=1S/C19H17N2O2.2BrH/c22-19(23)18-13-16(14-20-9-3-1-4-10-20)7-8-17(18)15-21-11-5-2-6-12-21;;/h1-13H,14-15H2;2*1H/q+1;;/p-1. The third kappa shape index (κ3) is 5.76. The van der Waals surface area contributed by atoms with Crippen LogP contribution in [-0.4, -0.2) is 11.1 Å². The molecule has 0 fully saturated rings. The van der Waals surface area contributed by atoms with Gasteiger partial charge < -0.3 is 39.1 Å². The Bertz CT molecular complexity index is 812. The minimum absolute atomic E-state index is 0. The van der Waals surface area contributed by atoms with Crippen molar-refractivity contribution in [2.24, 2.45) is 0 Å². The van der Waals surface area contributed by atoms with Crippen molar-refractivity contribution < 1.29 is 53.0 Å². The van der Waals surface area contributed by atoms with Crippen LogP contribution in [0.3, 0.4) is 0 Å². The Hall–Kier alpha value is -2.05. The van der Waals surface area contributed by atoms with Crippen LogP contribution in [-0.2, 0) is 13.1 Å². The van der Waals surface area contributed by atoms with Gasteiger partial charge in [-0.05, 0) is 6.07 Å². The van der Waals surface area contributed by atoms with Crippen LogP contribution in [0.5, 0.6) is 0 Å². The number of pyridine rings is 2. The number of halogens is 2. The lowest BCUT2D eigenvalue weighted by Gasteiger charge is -2.05. The molecule has 0 aliphatic rings. The lowest BCUT2D eigenvalue weighted by molar-refractivity contribution is -0.689. The van der Waals surface area contributed by atoms with Gasteiger partial charge in [0, 0.05) is 35.4 Å². The van der Waals surface area contributed by atoms with E-state index in [1.807, 2.05) is 82.5 Å². The number of carboxylic acids is 1. The van der Waals surface area contributed by atoms with E-state index < -0.39 is 5.97 Å². The predicted octanol–water partition coefficient (Wildman–Crippen LogP) is -3.94. The van der Waals surface area contributed by atoms with Gasteiger partial charge in [-0.2, -0.15) is 0 Å². The van der Waals surface area contributed by atoms with Gasteiger partial charge in [0.05, 0.1) is 5.56 Å². The number of carboxylic acid groups (broad SMARTS) is 1. The van der Waals surface area contributed by atoms with Gasteiger partial charge in [-0.15, -0.1) is 0 Å². The normalized spacial score (nSPS) is 9.60. The van der Waals surface area contributed by atoms with Crippen molar-refractivity contribution in [2.45, 2.75) is 13.1 Å². The summed E-state index contributed by atoms with van der Waals surface area (Å²) < 4.78 is 3.99. The highest BCUT2D eigenvalue weighted by atomic mass is 79.9. The lowest BCUT2D eigenvalue weighted by atomic mass is 10.0. The summed E-state index contributed by atoms with van der Waals surface area (Å²) in [6, 6.07) is 17.3. The van der Waals surface area contributed by atoms with E-state index >= 15 is 0 Å². The first kappa shape index (κ1) is 21.0. The number of rotatable bonds is 5. The van der Waals surface area contributed by atoms with Gasteiger partial charge >= 0.3 is 5.97 Å². The van der Waals surface area contributed by atoms with Crippen LogP contribution in [0.25, 0.3) is 0 Å². The van der Waals surface area contributed by atoms with E-state index in [1.165, 1.54) is 0 Å². The van der Waals surface area contributed by atoms with Crippen LogP contribution in [0.4, 0.5) is 0 Å². The first-order chi connectivity index (χ1) is 11.2. The maximum absolute atomic E-state index is 11.6. The van der Waals surface area contributed by atoms with Gasteiger partial charge in [0.15, 0.2) is 37.9 Å². The number of hydrogen-bond donors (Lipinski definition) is 1. The average Bonchev–Trinajstić information content (AvgIpc) is 2.58. The summed E-state index contributed by atoms with van der Waals surface area (Å²) in [6.45, 7) is 1.20. The number of hydrogen-bond acceptors (Lipinski definition) is 1. The van der Waals surface area contributed by atoms with Crippen molar-refractivity contribution in [3.8, 4) is 0 Å². The van der Waals surface area contributed by atoms with Crippen molar-refractivity contribution in [1.29, 1.82) is 0 Å². The van der Waals surface area contributed by atoms with Crippen LogP contribution in [0, 0.1) is 0 Å². The molecule has 1 aromatic carbocycles. The highest BCUT2D eigenvalue weighted by Crippen LogP contribution is 2.12. The summed E-state index contributed by atoms with van der Waals surface area (Å²) in [6.07, 6.45) is 7.79. The SMILES string of the molecule is O=C(O)c1cc(C[n+]2ccccc2)ccc1C[n+]1ccccc1.[Br-].[Br-]. The average molecular weight is 466 g/mol. The second-order valence-corrected chi connectivity index (χ2v) is 5.39. The third-order valence-corrected chi connectivity index (χ3v) is 3.68. The van der Waals surface area contributed by atoms with Crippen LogP contribution in [0.2, 0.25) is 0 Å². The third-order valence-electron chi connectivity index (χ3n) is 3.68. The van der Waals surface area contributed by atoms with E-state index in [2.05, 4.69) is 0 Å². The van der Waals surface area contributed by atoms with Crippen LogP contribution in [0.1, 0.15) is 21.5 Å². The van der Waals surface area contributed by atoms with Crippen LogP contribution >= 0.6 is 0 Å². The molecule has 0 atom stereocenters. The molecule has 0 saturated carbocycles. The number of aromatic carboxylic acids is 1. The van der Waals surface area contributed by atoms with Crippen molar-refractivity contribution >= 4 is 5.97 Å². The lowest BCUT2D eigenvalue weighted by Crippen LogP contribution is -3.00. The Morgan fingerprint density at radius 3 is 1.84 bits per heavy atom. The molecule has 4 nitrogen and oxygen atoms in total. The zero-order valence-electron chi connectivity index (χ0n) is 13.4. The largest absolute Gasteiger partial charge is 1.00 e. The monoisotopic (exact) mass is 464 g/mol. The van der Waals surface area contributed by atoms with Crippen LogP contribution < -0.4 is 43.1 Å². The van der Waals surface area contributed by atoms with E-state index in [-0.39, 0.29) is 34.0 Å². The van der Waals surface area contributed by atoms with E-state index in [9.17, 15) is 9.90 Å². The molecule has 0 radical (unpaired) electrons. The fraction of sp³-hybridized carbons (Fsp3) is 0.105. The second-order valence-electron chi connectivity index (χ2n) is 5.39. The van der Waals surface area contributed by atoms with Crippen molar-refractivity contribution in [3.63, 3.8) is 0 Å². The molecule has 0 saturated heterocycles. The summed E-state index contributed by atoms with van der Waals surface area (Å²) in [5.41, 5.74) is 2.13. The molecule has 3 rings (SSSR count). The van der Waals surface area contributed by atoms with Crippen LogP contribution in [0.15, 0.2) is 79.4 Å². The maximum atomic E-state index is 11.6.